The van der Waals surface area contributed by atoms with E-state index < -0.39 is 0 Å². The van der Waals surface area contributed by atoms with Gasteiger partial charge in [0.2, 0.25) is 10.6 Å². The first-order valence-corrected chi connectivity index (χ1v) is 8.62. The molecule has 0 fully saturated rings. The van der Waals surface area contributed by atoms with E-state index in [0.29, 0.717) is 34.4 Å². The highest BCUT2D eigenvalue weighted by atomic mass is 32.1. The van der Waals surface area contributed by atoms with Gasteiger partial charge in [-0.15, -0.1) is 16.4 Å². The monoisotopic (exact) mass is 379 g/mol. The van der Waals surface area contributed by atoms with Gasteiger partial charge in [0.25, 0.3) is 0 Å². The fourth-order valence-corrected chi connectivity index (χ4v) is 2.99. The lowest BCUT2D eigenvalue weighted by Gasteiger charge is -2.12. The number of aromatic nitrogens is 1. The number of hydrogen-bond acceptors (Lipinski definition) is 8. The topological polar surface area (TPSA) is 83.6 Å². The Kier molecular flexibility index (Phi) is 6.79. The van der Waals surface area contributed by atoms with Gasteiger partial charge in [-0.3, -0.25) is 0 Å². The van der Waals surface area contributed by atoms with Crippen LogP contribution >= 0.6 is 11.3 Å². The molecule has 0 radical (unpaired) electrons. The maximum atomic E-state index is 11.8. The van der Waals surface area contributed by atoms with E-state index in [1.54, 1.807) is 63.6 Å². The average molecular weight is 379 g/mol. The second kappa shape index (κ2) is 9.04. The number of nitrogens with zero attached hydrogens (tertiary/aromatic N) is 3. The predicted molar refractivity (Wildman–Crippen MR) is 98.5 cm³/mol. The average Bonchev–Trinajstić information content (AvgIpc) is 3.01. The second-order valence-electron chi connectivity index (χ2n) is 4.99. The zero-order valence-corrected chi connectivity index (χ0v) is 16.1. The Morgan fingerprint density at radius 1 is 1.19 bits per heavy atom. The van der Waals surface area contributed by atoms with Gasteiger partial charge in [-0.05, 0) is 19.1 Å². The van der Waals surface area contributed by atoms with E-state index in [1.807, 2.05) is 0 Å². The molecule has 0 N–H and O–H groups in total. The quantitative estimate of drug-likeness (QED) is 0.418. The molecule has 0 aliphatic rings. The largest absolute Gasteiger partial charge is 0.493 e. The highest BCUT2D eigenvalue weighted by molar-refractivity contribution is 7.07. The van der Waals surface area contributed by atoms with E-state index in [1.165, 1.54) is 11.3 Å². The van der Waals surface area contributed by atoms with Gasteiger partial charge in [0.05, 0.1) is 34.2 Å². The summed E-state index contributed by atoms with van der Waals surface area (Å²) in [7, 11) is 6.37. The van der Waals surface area contributed by atoms with Crippen LogP contribution in [0.15, 0.2) is 27.7 Å². The normalized spacial score (nSPS) is 11.7. The van der Waals surface area contributed by atoms with Crippen molar-refractivity contribution in [3.05, 3.63) is 33.6 Å². The molecule has 8 nitrogen and oxygen atoms in total. The minimum atomic E-state index is -0.388. The van der Waals surface area contributed by atoms with Gasteiger partial charge >= 0.3 is 5.97 Å². The summed E-state index contributed by atoms with van der Waals surface area (Å²) in [6.07, 6.45) is 1.56. The van der Waals surface area contributed by atoms with Crippen molar-refractivity contribution in [2.45, 2.75) is 6.92 Å². The molecule has 1 heterocycles. The Bertz CT molecular complexity index is 845. The van der Waals surface area contributed by atoms with Crippen molar-refractivity contribution in [3.63, 3.8) is 0 Å². The number of methoxy groups -OCH3 is 3. The number of rotatable bonds is 7. The molecule has 1 aromatic heterocycles. The first kappa shape index (κ1) is 19.5. The summed E-state index contributed by atoms with van der Waals surface area (Å²) in [6, 6.07) is 3.53. The number of ether oxygens (including phenoxy) is 4. The first-order valence-electron chi connectivity index (χ1n) is 7.74. The fraction of sp³-hybridized carbons (Fsp3) is 0.353. The third-order valence-corrected chi connectivity index (χ3v) is 4.35. The molecular formula is C17H21N3O5S. The van der Waals surface area contributed by atoms with E-state index in [0.717, 1.165) is 5.56 Å². The number of carbonyl (C=O) groups is 1. The lowest BCUT2D eigenvalue weighted by atomic mass is 10.2. The van der Waals surface area contributed by atoms with Crippen molar-refractivity contribution >= 4 is 23.5 Å². The molecule has 140 valence electrons. The van der Waals surface area contributed by atoms with Crippen LogP contribution in [0.5, 0.6) is 17.2 Å². The van der Waals surface area contributed by atoms with Crippen molar-refractivity contribution in [3.8, 4) is 17.2 Å². The molecule has 0 aliphatic carbocycles. The Morgan fingerprint density at radius 3 is 2.38 bits per heavy atom. The molecule has 2 aromatic rings. The summed E-state index contributed by atoms with van der Waals surface area (Å²) < 4.78 is 22.5. The Hall–Kier alpha value is -2.81. The van der Waals surface area contributed by atoms with Crippen molar-refractivity contribution in [2.75, 3.05) is 27.9 Å². The summed E-state index contributed by atoms with van der Waals surface area (Å²) in [5, 5.41) is 9.92. The van der Waals surface area contributed by atoms with E-state index in [2.05, 4.69) is 10.2 Å². The molecule has 0 unspecified atom stereocenters. The van der Waals surface area contributed by atoms with Crippen LogP contribution in [0, 0.1) is 0 Å². The van der Waals surface area contributed by atoms with Crippen LogP contribution in [0.1, 0.15) is 23.0 Å². The third-order valence-electron chi connectivity index (χ3n) is 3.45. The molecule has 0 bridgehead atoms. The lowest BCUT2D eigenvalue weighted by Crippen LogP contribution is -2.17. The molecular weight excluding hydrogens is 358 g/mol. The van der Waals surface area contributed by atoms with Crippen LogP contribution in [0.3, 0.4) is 0 Å². The summed E-state index contributed by atoms with van der Waals surface area (Å²) >= 11 is 1.30. The van der Waals surface area contributed by atoms with E-state index in [4.69, 9.17) is 18.9 Å². The molecule has 2 rings (SSSR count). The SMILES string of the molecule is CCOC(=O)c1cs/c(=N\N=C/c2cc(OC)c(OC)c(OC)c2)n1C. The van der Waals surface area contributed by atoms with Crippen molar-refractivity contribution in [1.29, 1.82) is 0 Å². The molecule has 0 spiro atoms. The van der Waals surface area contributed by atoms with Gasteiger partial charge in [0, 0.05) is 18.0 Å². The predicted octanol–water partition coefficient (Wildman–Crippen LogP) is 2.22. The standard InChI is InChI=1S/C17H21N3O5S/c1-6-25-16(21)12-10-26-17(20(12)2)19-18-9-11-7-13(22-3)15(24-5)14(8-11)23-4/h7-10H,6H2,1-5H3/b18-9-,19-17-. The Balaban J connectivity index is 2.31. The number of carbonyl (C=O) groups excluding carboxylic acids is 1. The molecule has 0 atom stereocenters. The zero-order valence-electron chi connectivity index (χ0n) is 15.3. The molecule has 9 heteroatoms. The molecule has 26 heavy (non-hydrogen) atoms. The maximum Gasteiger partial charge on any atom is 0.355 e. The highest BCUT2D eigenvalue weighted by Crippen LogP contribution is 2.37. The molecule has 0 saturated heterocycles. The van der Waals surface area contributed by atoms with Crippen LogP contribution in [0.2, 0.25) is 0 Å². The van der Waals surface area contributed by atoms with Gasteiger partial charge < -0.3 is 23.5 Å². The number of hydrogen-bond donors (Lipinski definition) is 0. The second-order valence-corrected chi connectivity index (χ2v) is 5.82. The smallest absolute Gasteiger partial charge is 0.355 e. The lowest BCUT2D eigenvalue weighted by molar-refractivity contribution is 0.0515. The van der Waals surface area contributed by atoms with E-state index in [-0.39, 0.29) is 5.97 Å². The first-order chi connectivity index (χ1) is 12.5. The fourth-order valence-electron chi connectivity index (χ4n) is 2.17. The van der Waals surface area contributed by atoms with Crippen LogP contribution in [-0.4, -0.2) is 44.7 Å². The summed E-state index contributed by atoms with van der Waals surface area (Å²) in [5.41, 5.74) is 1.16. The van der Waals surface area contributed by atoms with Crippen LogP contribution < -0.4 is 19.0 Å². The third kappa shape index (κ3) is 4.23. The number of benzene rings is 1. The maximum absolute atomic E-state index is 11.8. The summed E-state index contributed by atoms with van der Waals surface area (Å²) in [4.78, 5) is 12.4. The van der Waals surface area contributed by atoms with Crippen LogP contribution in [0.25, 0.3) is 0 Å². The van der Waals surface area contributed by atoms with Crippen molar-refractivity contribution < 1.29 is 23.7 Å². The van der Waals surface area contributed by atoms with Gasteiger partial charge in [-0.1, -0.05) is 0 Å². The van der Waals surface area contributed by atoms with Crippen molar-refractivity contribution in [2.24, 2.45) is 17.3 Å². The van der Waals surface area contributed by atoms with Gasteiger partial charge in [-0.2, -0.15) is 5.10 Å². The minimum absolute atomic E-state index is 0.320. The van der Waals surface area contributed by atoms with Gasteiger partial charge in [-0.25, -0.2) is 4.79 Å². The zero-order chi connectivity index (χ0) is 19.1. The van der Waals surface area contributed by atoms with Gasteiger partial charge in [0.15, 0.2) is 11.5 Å². The molecule has 1 aromatic carbocycles. The number of thiazole rings is 1. The summed E-state index contributed by atoms with van der Waals surface area (Å²) in [6.45, 7) is 2.08. The van der Waals surface area contributed by atoms with Gasteiger partial charge in [0.1, 0.15) is 5.69 Å². The molecule has 0 saturated carbocycles. The Labute approximate surface area is 155 Å². The highest BCUT2D eigenvalue weighted by Gasteiger charge is 2.13. The molecule has 0 amide bonds. The minimum Gasteiger partial charge on any atom is -0.493 e. The van der Waals surface area contributed by atoms with Crippen LogP contribution in [0.4, 0.5) is 0 Å². The Morgan fingerprint density at radius 2 is 1.85 bits per heavy atom. The van der Waals surface area contributed by atoms with Crippen LogP contribution in [-0.2, 0) is 11.8 Å². The van der Waals surface area contributed by atoms with E-state index >= 15 is 0 Å². The molecule has 0 aliphatic heterocycles. The van der Waals surface area contributed by atoms with E-state index in [9.17, 15) is 4.79 Å². The number of esters is 1. The van der Waals surface area contributed by atoms with Crippen molar-refractivity contribution in [1.82, 2.24) is 4.57 Å². The summed E-state index contributed by atoms with van der Waals surface area (Å²) in [5.74, 6) is 1.17.